The number of carbonyl (C=O) groups excluding carboxylic acids is 1. The number of carbonyl (C=O) groups is 1. The summed E-state index contributed by atoms with van der Waals surface area (Å²) in [5, 5.41) is 2.86. The fourth-order valence-electron chi connectivity index (χ4n) is 6.18. The van der Waals surface area contributed by atoms with Crippen molar-refractivity contribution in [3.63, 3.8) is 0 Å². The summed E-state index contributed by atoms with van der Waals surface area (Å²) in [7, 11) is 0. The van der Waals surface area contributed by atoms with E-state index >= 15 is 0 Å². The number of nitrogens with one attached hydrogen (secondary N) is 1. The molecule has 2 aromatic carbocycles. The number of amides is 1. The number of anilines is 1. The molecule has 36 heavy (non-hydrogen) atoms. The van der Waals surface area contributed by atoms with Crippen LogP contribution in [-0.2, 0) is 12.0 Å². The summed E-state index contributed by atoms with van der Waals surface area (Å²) in [5.41, 5.74) is 4.72. The summed E-state index contributed by atoms with van der Waals surface area (Å²) in [6.45, 7) is 0.453. The van der Waals surface area contributed by atoms with E-state index in [2.05, 4.69) is 56.7 Å². The van der Waals surface area contributed by atoms with Gasteiger partial charge in [0.1, 0.15) is 18.7 Å². The number of rotatable bonds is 7. The first-order chi connectivity index (χ1) is 17.7. The van der Waals surface area contributed by atoms with E-state index in [9.17, 15) is 4.79 Å². The molecule has 2 aliphatic carbocycles. The predicted octanol–water partition coefficient (Wildman–Crippen LogP) is 5.81. The molecule has 2 fully saturated rings. The molecule has 6 heteroatoms. The Bertz CT molecular complexity index is 1330. The molecule has 4 aromatic rings. The molecule has 0 unspecified atom stereocenters. The van der Waals surface area contributed by atoms with Crippen LogP contribution < -0.4 is 10.1 Å². The first kappa shape index (κ1) is 22.4. The van der Waals surface area contributed by atoms with Gasteiger partial charge in [0.25, 0.3) is 5.91 Å². The summed E-state index contributed by atoms with van der Waals surface area (Å²) in [6, 6.07) is 22.6. The molecule has 6 nitrogen and oxygen atoms in total. The van der Waals surface area contributed by atoms with E-state index in [4.69, 9.17) is 4.74 Å². The topological polar surface area (TPSA) is 77.0 Å². The molecule has 0 aliphatic heterocycles. The van der Waals surface area contributed by atoms with Crippen LogP contribution in [0.2, 0.25) is 0 Å². The van der Waals surface area contributed by atoms with Crippen molar-refractivity contribution in [2.45, 2.75) is 37.7 Å². The number of aromatic nitrogens is 3. The third-order valence-electron chi connectivity index (χ3n) is 7.81. The van der Waals surface area contributed by atoms with Crippen molar-refractivity contribution in [1.82, 2.24) is 15.0 Å². The maximum atomic E-state index is 12.7. The first-order valence-electron chi connectivity index (χ1n) is 12.5. The van der Waals surface area contributed by atoms with Crippen molar-refractivity contribution >= 4 is 11.6 Å². The van der Waals surface area contributed by atoms with E-state index in [0.717, 1.165) is 23.8 Å². The Morgan fingerprint density at radius 3 is 2.33 bits per heavy atom. The maximum absolute atomic E-state index is 12.7. The Kier molecular flexibility index (Phi) is 5.93. The average molecular weight is 477 g/mol. The van der Waals surface area contributed by atoms with Gasteiger partial charge in [-0.15, -0.1) is 0 Å². The van der Waals surface area contributed by atoms with Gasteiger partial charge in [0.15, 0.2) is 0 Å². The Morgan fingerprint density at radius 1 is 0.944 bits per heavy atom. The maximum Gasteiger partial charge on any atom is 0.255 e. The molecule has 1 N–H and O–H groups in total. The summed E-state index contributed by atoms with van der Waals surface area (Å²) in [6.07, 6.45) is 11.4. The van der Waals surface area contributed by atoms with Gasteiger partial charge in [-0.3, -0.25) is 9.78 Å². The van der Waals surface area contributed by atoms with Crippen molar-refractivity contribution in [1.29, 1.82) is 0 Å². The zero-order chi connectivity index (χ0) is 24.4. The molecule has 6 rings (SSSR count). The second-order valence-electron chi connectivity index (χ2n) is 9.84. The number of pyridine rings is 1. The second-order valence-corrected chi connectivity index (χ2v) is 9.84. The number of nitrogens with zero attached hydrogens (tertiary/aromatic N) is 3. The van der Waals surface area contributed by atoms with Crippen molar-refractivity contribution in [3.8, 4) is 5.75 Å². The molecular weight excluding hydrogens is 448 g/mol. The zero-order valence-corrected chi connectivity index (χ0v) is 20.0. The van der Waals surface area contributed by atoms with E-state index in [0.29, 0.717) is 23.8 Å². The highest BCUT2D eigenvalue weighted by Crippen LogP contribution is 2.60. The molecule has 2 aromatic heterocycles. The van der Waals surface area contributed by atoms with E-state index < -0.39 is 0 Å². The molecule has 0 radical (unpaired) electrons. The van der Waals surface area contributed by atoms with E-state index in [1.54, 1.807) is 18.6 Å². The monoisotopic (exact) mass is 476 g/mol. The van der Waals surface area contributed by atoms with Crippen LogP contribution in [0.1, 0.15) is 52.9 Å². The Labute approximate surface area is 210 Å². The van der Waals surface area contributed by atoms with Crippen molar-refractivity contribution in [2.24, 2.45) is 11.8 Å². The quantitative estimate of drug-likeness (QED) is 0.364. The number of hydrogen-bond donors (Lipinski definition) is 1. The lowest BCUT2D eigenvalue weighted by Crippen LogP contribution is -2.34. The Morgan fingerprint density at radius 2 is 1.69 bits per heavy atom. The van der Waals surface area contributed by atoms with Crippen molar-refractivity contribution in [3.05, 3.63) is 114 Å². The summed E-state index contributed by atoms with van der Waals surface area (Å²) >= 11 is 0. The molecule has 0 saturated heterocycles. The number of benzene rings is 2. The highest BCUT2D eigenvalue weighted by Gasteiger charge is 2.52. The van der Waals surface area contributed by atoms with Gasteiger partial charge in [-0.1, -0.05) is 36.8 Å². The highest BCUT2D eigenvalue weighted by molar-refractivity contribution is 6.04. The largest absolute Gasteiger partial charge is 0.487 e. The molecule has 3 atom stereocenters. The molecule has 1 amide bonds. The van der Waals surface area contributed by atoms with Crippen LogP contribution >= 0.6 is 0 Å². The van der Waals surface area contributed by atoms with Crippen LogP contribution in [-0.4, -0.2) is 20.9 Å². The van der Waals surface area contributed by atoms with Gasteiger partial charge < -0.3 is 10.1 Å². The van der Waals surface area contributed by atoms with Gasteiger partial charge in [-0.2, -0.15) is 0 Å². The van der Waals surface area contributed by atoms with Gasteiger partial charge in [0, 0.05) is 17.2 Å². The standard InChI is InChI=1S/C30H28N4O2/c35-29(34-27-17-31-20-32-18-27)22-5-8-23(9-6-22)30(16-21-4-7-25(30)15-21)24-10-12-28(13-11-24)36-19-26-3-1-2-14-33-26/h1-3,5-6,8-14,17-18,20-21,25H,4,7,15-16,19H2,(H,34,35)/t21-,25+,30+/m1/s1. The van der Waals surface area contributed by atoms with Gasteiger partial charge in [0.2, 0.25) is 0 Å². The van der Waals surface area contributed by atoms with Gasteiger partial charge in [0.05, 0.1) is 23.8 Å². The van der Waals surface area contributed by atoms with Crippen LogP contribution in [0.25, 0.3) is 0 Å². The molecule has 2 saturated carbocycles. The van der Waals surface area contributed by atoms with Gasteiger partial charge in [-0.25, -0.2) is 9.97 Å². The summed E-state index contributed by atoms with van der Waals surface area (Å²) < 4.78 is 5.99. The third-order valence-corrected chi connectivity index (χ3v) is 7.81. The predicted molar refractivity (Wildman–Crippen MR) is 138 cm³/mol. The fourth-order valence-corrected chi connectivity index (χ4v) is 6.18. The number of hydrogen-bond acceptors (Lipinski definition) is 5. The third kappa shape index (κ3) is 4.24. The number of ether oxygens (including phenoxy) is 1. The fraction of sp³-hybridized carbons (Fsp3) is 0.267. The van der Waals surface area contributed by atoms with Crippen molar-refractivity contribution < 1.29 is 9.53 Å². The SMILES string of the molecule is O=C(Nc1cncnc1)c1ccc([C@]2(c3ccc(OCc4ccccn4)cc3)C[C@@H]3CC[C@H]2C3)cc1. The smallest absolute Gasteiger partial charge is 0.255 e. The molecule has 2 aliphatic rings. The van der Waals surface area contributed by atoms with Gasteiger partial charge in [-0.05, 0) is 78.6 Å². The summed E-state index contributed by atoms with van der Waals surface area (Å²) in [4.78, 5) is 25.0. The lowest BCUT2D eigenvalue weighted by atomic mass is 9.64. The van der Waals surface area contributed by atoms with Crippen LogP contribution in [0.4, 0.5) is 5.69 Å². The van der Waals surface area contributed by atoms with E-state index in [1.165, 1.54) is 36.7 Å². The van der Waals surface area contributed by atoms with E-state index in [-0.39, 0.29) is 11.3 Å². The molecule has 0 spiro atoms. The lowest BCUT2D eigenvalue weighted by molar-refractivity contribution is 0.102. The minimum atomic E-state index is -0.159. The molecular formula is C30H28N4O2. The molecule has 180 valence electrons. The minimum absolute atomic E-state index is 0.0231. The first-order valence-corrected chi connectivity index (χ1v) is 12.5. The second kappa shape index (κ2) is 9.53. The zero-order valence-electron chi connectivity index (χ0n) is 20.0. The van der Waals surface area contributed by atoms with Gasteiger partial charge >= 0.3 is 0 Å². The number of fused-ring (bicyclic) bond motifs is 2. The van der Waals surface area contributed by atoms with Crippen molar-refractivity contribution in [2.75, 3.05) is 5.32 Å². The molecule has 2 bridgehead atoms. The highest BCUT2D eigenvalue weighted by atomic mass is 16.5. The van der Waals surface area contributed by atoms with E-state index in [1.807, 2.05) is 30.3 Å². The average Bonchev–Trinajstić information content (AvgIpc) is 3.56. The summed E-state index contributed by atoms with van der Waals surface area (Å²) in [5.74, 6) is 2.06. The van der Waals surface area contributed by atoms with Crippen LogP contribution in [0.15, 0.2) is 91.6 Å². The lowest BCUT2D eigenvalue weighted by Gasteiger charge is -2.39. The van der Waals surface area contributed by atoms with Crippen LogP contribution in [0, 0.1) is 11.8 Å². The Hall–Kier alpha value is -4.06. The normalized spacial score (nSPS) is 22.3. The molecule has 2 heterocycles. The Balaban J connectivity index is 1.24. The van der Waals surface area contributed by atoms with Crippen LogP contribution in [0.3, 0.4) is 0 Å². The van der Waals surface area contributed by atoms with Crippen LogP contribution in [0.5, 0.6) is 5.75 Å². The minimum Gasteiger partial charge on any atom is -0.487 e.